The highest BCUT2D eigenvalue weighted by Crippen LogP contribution is 2.17. The van der Waals surface area contributed by atoms with Gasteiger partial charge in [0.2, 0.25) is 5.88 Å². The maximum atomic E-state index is 8.99. The number of anilines is 1. The van der Waals surface area contributed by atoms with Gasteiger partial charge < -0.3 is 14.8 Å². The minimum absolute atomic E-state index is 0.361. The van der Waals surface area contributed by atoms with Crippen LogP contribution >= 0.6 is 0 Å². The van der Waals surface area contributed by atoms with Crippen molar-refractivity contribution < 1.29 is 9.47 Å². The molecule has 0 aliphatic heterocycles. The third kappa shape index (κ3) is 5.58. The maximum Gasteiger partial charge on any atom is 0.233 e. The fourth-order valence-electron chi connectivity index (χ4n) is 1.46. The molecule has 0 amide bonds. The molecule has 1 N–H and O–H groups in total. The summed E-state index contributed by atoms with van der Waals surface area (Å²) < 4.78 is 10.9. The minimum atomic E-state index is 0.361. The number of nitrogens with zero attached hydrogens (tertiary/aromatic N) is 2. The Labute approximate surface area is 114 Å². The van der Waals surface area contributed by atoms with Crippen LogP contribution in [-0.4, -0.2) is 31.3 Å². The summed E-state index contributed by atoms with van der Waals surface area (Å²) in [5.74, 6) is 1.07. The Morgan fingerprint density at radius 2 is 2.11 bits per heavy atom. The Kier molecular flexibility index (Phi) is 7.37. The topological polar surface area (TPSA) is 67.2 Å². The molecule has 0 bridgehead atoms. The van der Waals surface area contributed by atoms with E-state index < -0.39 is 0 Å². The second-order valence-electron chi connectivity index (χ2n) is 4.01. The largest absolute Gasteiger partial charge is 0.474 e. The molecule has 5 heteroatoms. The van der Waals surface area contributed by atoms with Crippen LogP contribution in [0.5, 0.6) is 5.88 Å². The van der Waals surface area contributed by atoms with E-state index in [1.807, 2.05) is 6.92 Å². The van der Waals surface area contributed by atoms with Crippen LogP contribution in [0.4, 0.5) is 5.82 Å². The molecule has 0 aromatic carbocycles. The van der Waals surface area contributed by atoms with E-state index in [1.165, 1.54) is 0 Å². The summed E-state index contributed by atoms with van der Waals surface area (Å²) in [6.45, 7) is 6.55. The van der Waals surface area contributed by atoms with Gasteiger partial charge in [0.05, 0.1) is 6.61 Å². The van der Waals surface area contributed by atoms with Gasteiger partial charge in [0.15, 0.2) is 0 Å². The van der Waals surface area contributed by atoms with Crippen molar-refractivity contribution in [2.45, 2.75) is 26.7 Å². The number of nitrogens with one attached hydrogen (secondary N) is 1. The van der Waals surface area contributed by atoms with Gasteiger partial charge in [-0.25, -0.2) is 0 Å². The van der Waals surface area contributed by atoms with Gasteiger partial charge in [-0.2, -0.15) is 10.2 Å². The molecule has 0 unspecified atom stereocenters. The molecule has 1 aromatic heterocycles. The number of hydrogen-bond acceptors (Lipinski definition) is 5. The van der Waals surface area contributed by atoms with Gasteiger partial charge in [0, 0.05) is 13.2 Å². The maximum absolute atomic E-state index is 8.99. The molecule has 5 nitrogen and oxygen atoms in total. The van der Waals surface area contributed by atoms with Crippen LogP contribution in [0.2, 0.25) is 0 Å². The number of ether oxygens (including phenoxy) is 2. The van der Waals surface area contributed by atoms with Crippen molar-refractivity contribution in [1.29, 1.82) is 5.26 Å². The van der Waals surface area contributed by atoms with Crippen molar-refractivity contribution in [3.8, 4) is 11.9 Å². The molecule has 0 aliphatic rings. The first-order valence-electron chi connectivity index (χ1n) is 6.67. The molecule has 0 radical (unpaired) electrons. The number of hydrogen-bond donors (Lipinski definition) is 1. The smallest absolute Gasteiger partial charge is 0.233 e. The van der Waals surface area contributed by atoms with E-state index >= 15 is 0 Å². The molecule has 0 saturated carbocycles. The van der Waals surface area contributed by atoms with Crippen molar-refractivity contribution >= 4 is 5.82 Å². The molecule has 0 spiro atoms. The quantitative estimate of drug-likeness (QED) is 0.694. The van der Waals surface area contributed by atoms with Crippen LogP contribution < -0.4 is 10.1 Å². The minimum Gasteiger partial charge on any atom is -0.474 e. The first-order valence-corrected chi connectivity index (χ1v) is 6.67. The first kappa shape index (κ1) is 15.3. The predicted molar refractivity (Wildman–Crippen MR) is 74.3 cm³/mol. The Morgan fingerprint density at radius 1 is 1.26 bits per heavy atom. The third-order valence-electron chi connectivity index (χ3n) is 2.45. The van der Waals surface area contributed by atoms with E-state index in [1.54, 1.807) is 12.1 Å². The molecule has 1 rings (SSSR count). The average molecular weight is 263 g/mol. The van der Waals surface area contributed by atoms with Gasteiger partial charge in [-0.05, 0) is 25.5 Å². The third-order valence-corrected chi connectivity index (χ3v) is 2.45. The number of unbranched alkanes of at least 4 members (excludes halogenated alkanes) is 1. The van der Waals surface area contributed by atoms with Crippen molar-refractivity contribution in [2.75, 3.05) is 31.7 Å². The molecule has 1 heterocycles. The van der Waals surface area contributed by atoms with Gasteiger partial charge in [-0.3, -0.25) is 0 Å². The number of rotatable bonds is 9. The Hall–Kier alpha value is -1.80. The summed E-state index contributed by atoms with van der Waals surface area (Å²) in [6.07, 6.45) is 2.17. The molecule has 0 saturated heterocycles. The van der Waals surface area contributed by atoms with E-state index in [0.29, 0.717) is 30.5 Å². The predicted octanol–water partition coefficient (Wildman–Crippen LogP) is 2.58. The lowest BCUT2D eigenvalue weighted by molar-refractivity contribution is 0.0964. The molecule has 0 atom stereocenters. The lowest BCUT2D eigenvalue weighted by atomic mass is 10.3. The van der Waals surface area contributed by atoms with E-state index in [-0.39, 0.29) is 0 Å². The van der Waals surface area contributed by atoms with Crippen molar-refractivity contribution in [1.82, 2.24) is 4.98 Å². The molecule has 0 aliphatic carbocycles. The summed E-state index contributed by atoms with van der Waals surface area (Å²) in [6, 6.07) is 5.55. The van der Waals surface area contributed by atoms with E-state index in [9.17, 15) is 0 Å². The zero-order chi connectivity index (χ0) is 13.9. The van der Waals surface area contributed by atoms with Gasteiger partial charge >= 0.3 is 0 Å². The van der Waals surface area contributed by atoms with Gasteiger partial charge in [-0.15, -0.1) is 0 Å². The highest BCUT2D eigenvalue weighted by Gasteiger charge is 2.06. The lowest BCUT2D eigenvalue weighted by Crippen LogP contribution is -2.10. The van der Waals surface area contributed by atoms with Crippen LogP contribution in [-0.2, 0) is 4.74 Å². The highest BCUT2D eigenvalue weighted by atomic mass is 16.5. The van der Waals surface area contributed by atoms with Gasteiger partial charge in [0.25, 0.3) is 0 Å². The Morgan fingerprint density at radius 3 is 2.79 bits per heavy atom. The Balaban J connectivity index is 2.46. The fraction of sp³-hybridized carbons (Fsp3) is 0.571. The van der Waals surface area contributed by atoms with Crippen molar-refractivity contribution in [3.05, 3.63) is 17.7 Å². The molecule has 0 fully saturated rings. The highest BCUT2D eigenvalue weighted by molar-refractivity contribution is 5.46. The molecular formula is C14H21N3O2. The molecule has 19 heavy (non-hydrogen) atoms. The van der Waals surface area contributed by atoms with Crippen LogP contribution in [0.15, 0.2) is 12.1 Å². The average Bonchev–Trinajstić information content (AvgIpc) is 2.43. The summed E-state index contributed by atoms with van der Waals surface area (Å²) in [4.78, 5) is 4.26. The first-order chi connectivity index (χ1) is 9.31. The number of pyridine rings is 1. The number of aromatic nitrogens is 1. The standard InChI is InChI=1S/C14H21N3O2/c1-3-5-8-18-9-10-19-14-12(11-15)6-7-13(17-14)16-4-2/h6-7H,3-5,8-10H2,1-2H3,(H,16,17). The van der Waals surface area contributed by atoms with Crippen molar-refractivity contribution in [3.63, 3.8) is 0 Å². The van der Waals surface area contributed by atoms with Gasteiger partial charge in [0.1, 0.15) is 24.1 Å². The fourth-order valence-corrected chi connectivity index (χ4v) is 1.46. The molecular weight excluding hydrogens is 242 g/mol. The summed E-state index contributed by atoms with van der Waals surface area (Å²) in [5.41, 5.74) is 0.440. The number of nitriles is 1. The van der Waals surface area contributed by atoms with Crippen LogP contribution in [0, 0.1) is 11.3 Å². The van der Waals surface area contributed by atoms with E-state index in [4.69, 9.17) is 14.7 Å². The van der Waals surface area contributed by atoms with E-state index in [2.05, 4.69) is 23.3 Å². The van der Waals surface area contributed by atoms with Crippen molar-refractivity contribution in [2.24, 2.45) is 0 Å². The second kappa shape index (κ2) is 9.17. The Bertz CT molecular complexity index is 416. The normalized spacial score (nSPS) is 9.95. The summed E-state index contributed by atoms with van der Waals surface area (Å²) >= 11 is 0. The molecule has 104 valence electrons. The second-order valence-corrected chi connectivity index (χ2v) is 4.01. The van der Waals surface area contributed by atoms with E-state index in [0.717, 1.165) is 26.0 Å². The summed E-state index contributed by atoms with van der Waals surface area (Å²) in [7, 11) is 0. The van der Waals surface area contributed by atoms with Crippen LogP contribution in [0.1, 0.15) is 32.3 Å². The van der Waals surface area contributed by atoms with Crippen LogP contribution in [0.3, 0.4) is 0 Å². The zero-order valence-corrected chi connectivity index (χ0v) is 11.6. The molecule has 1 aromatic rings. The van der Waals surface area contributed by atoms with Crippen LogP contribution in [0.25, 0.3) is 0 Å². The SMILES string of the molecule is CCCCOCCOc1nc(NCC)ccc1C#N. The monoisotopic (exact) mass is 263 g/mol. The lowest BCUT2D eigenvalue weighted by Gasteiger charge is -2.09. The summed E-state index contributed by atoms with van der Waals surface area (Å²) in [5, 5.41) is 12.1. The zero-order valence-electron chi connectivity index (χ0n) is 11.6. The van der Waals surface area contributed by atoms with Gasteiger partial charge in [-0.1, -0.05) is 13.3 Å².